The SMILES string of the molecule is CC(=O)C[C@@H]1COCCN1CC(=O)Nc1cc(C(F)(F)F)ccc1N1CCOCC1. The van der Waals surface area contributed by atoms with Gasteiger partial charge < -0.3 is 19.7 Å². The molecule has 1 amide bonds. The number of nitrogens with zero attached hydrogens (tertiary/aromatic N) is 2. The van der Waals surface area contributed by atoms with Crippen LogP contribution < -0.4 is 10.2 Å². The average Bonchev–Trinajstić information content (AvgIpc) is 2.69. The van der Waals surface area contributed by atoms with Gasteiger partial charge in [-0.3, -0.25) is 14.5 Å². The van der Waals surface area contributed by atoms with Crippen molar-refractivity contribution in [2.45, 2.75) is 25.6 Å². The number of carbonyl (C=O) groups is 2. The molecular formula is C20H26F3N3O4. The number of hydrogen-bond acceptors (Lipinski definition) is 6. The number of nitrogens with one attached hydrogen (secondary N) is 1. The third-order valence-corrected chi connectivity index (χ3v) is 5.17. The number of benzene rings is 1. The van der Waals surface area contributed by atoms with E-state index >= 15 is 0 Å². The summed E-state index contributed by atoms with van der Waals surface area (Å²) < 4.78 is 50.4. The molecule has 0 aromatic heterocycles. The molecule has 3 rings (SSSR count). The van der Waals surface area contributed by atoms with Crippen LogP contribution in [-0.4, -0.2) is 75.2 Å². The number of morpholine rings is 2. The van der Waals surface area contributed by atoms with E-state index in [-0.39, 0.29) is 30.5 Å². The predicted molar refractivity (Wildman–Crippen MR) is 105 cm³/mol. The number of alkyl halides is 3. The molecule has 30 heavy (non-hydrogen) atoms. The Bertz CT molecular complexity index is 766. The zero-order valence-electron chi connectivity index (χ0n) is 16.8. The van der Waals surface area contributed by atoms with E-state index in [1.165, 1.54) is 13.0 Å². The first-order chi connectivity index (χ1) is 14.2. The minimum atomic E-state index is -4.51. The molecular weight excluding hydrogens is 403 g/mol. The van der Waals surface area contributed by atoms with Crippen LogP contribution in [0.5, 0.6) is 0 Å². The third kappa shape index (κ3) is 5.93. The highest BCUT2D eigenvalue weighted by molar-refractivity contribution is 5.96. The maximum atomic E-state index is 13.2. The number of anilines is 2. The van der Waals surface area contributed by atoms with Crippen LogP contribution in [0.25, 0.3) is 0 Å². The first kappa shape index (κ1) is 22.5. The molecule has 2 heterocycles. The maximum Gasteiger partial charge on any atom is 0.416 e. The standard InChI is InChI=1S/C20H26F3N3O4/c1-14(27)10-16-13-30-9-6-26(16)12-19(28)24-17-11-15(20(21,22)23)2-3-18(17)25-4-7-29-8-5-25/h2-3,11,16H,4-10,12-13H2,1H3,(H,24,28)/t16-/m1/s1. The number of ether oxygens (including phenoxy) is 2. The van der Waals surface area contributed by atoms with Crippen molar-refractivity contribution in [3.05, 3.63) is 23.8 Å². The number of amides is 1. The van der Waals surface area contributed by atoms with Gasteiger partial charge in [0.05, 0.1) is 49.9 Å². The number of hydrogen-bond donors (Lipinski definition) is 1. The molecule has 0 radical (unpaired) electrons. The number of rotatable bonds is 6. The second kappa shape index (κ2) is 9.76. The fourth-order valence-electron chi connectivity index (χ4n) is 3.68. The minimum absolute atomic E-state index is 0.0107. The van der Waals surface area contributed by atoms with Crippen LogP contribution in [0.3, 0.4) is 0 Å². The Kier molecular flexibility index (Phi) is 7.32. The van der Waals surface area contributed by atoms with E-state index in [0.29, 0.717) is 51.7 Å². The first-order valence-corrected chi connectivity index (χ1v) is 9.89. The summed E-state index contributed by atoms with van der Waals surface area (Å²) in [5, 5.41) is 2.65. The van der Waals surface area contributed by atoms with Crippen molar-refractivity contribution in [1.29, 1.82) is 0 Å². The molecule has 166 valence electrons. The summed E-state index contributed by atoms with van der Waals surface area (Å²) in [7, 11) is 0. The molecule has 0 bridgehead atoms. The zero-order chi connectivity index (χ0) is 21.7. The number of halogens is 3. The Labute approximate surface area is 173 Å². The first-order valence-electron chi connectivity index (χ1n) is 9.89. The van der Waals surface area contributed by atoms with E-state index < -0.39 is 17.6 Å². The number of Topliss-reactive ketones (excluding diaryl/α,β-unsaturated/α-hetero) is 1. The Morgan fingerprint density at radius 2 is 1.83 bits per heavy atom. The molecule has 10 heteroatoms. The van der Waals surface area contributed by atoms with Crippen LogP contribution in [-0.2, 0) is 25.2 Å². The Morgan fingerprint density at radius 1 is 1.13 bits per heavy atom. The van der Waals surface area contributed by atoms with E-state index in [4.69, 9.17) is 9.47 Å². The van der Waals surface area contributed by atoms with Crippen LogP contribution >= 0.6 is 0 Å². The van der Waals surface area contributed by atoms with Crippen molar-refractivity contribution in [2.75, 3.05) is 62.8 Å². The van der Waals surface area contributed by atoms with Gasteiger partial charge in [-0.05, 0) is 25.1 Å². The Morgan fingerprint density at radius 3 is 2.50 bits per heavy atom. The quantitative estimate of drug-likeness (QED) is 0.748. The molecule has 0 unspecified atom stereocenters. The lowest BCUT2D eigenvalue weighted by molar-refractivity contribution is -0.137. The lowest BCUT2D eigenvalue weighted by Gasteiger charge is -2.35. The lowest BCUT2D eigenvalue weighted by atomic mass is 10.1. The van der Waals surface area contributed by atoms with Crippen molar-refractivity contribution < 1.29 is 32.2 Å². The predicted octanol–water partition coefficient (Wildman–Crippen LogP) is 2.16. The highest BCUT2D eigenvalue weighted by Crippen LogP contribution is 2.35. The summed E-state index contributed by atoms with van der Waals surface area (Å²) in [6.45, 7) is 4.69. The summed E-state index contributed by atoms with van der Waals surface area (Å²) in [6, 6.07) is 3.15. The lowest BCUT2D eigenvalue weighted by Crippen LogP contribution is -2.49. The number of ketones is 1. The van der Waals surface area contributed by atoms with Gasteiger partial charge in [0.25, 0.3) is 0 Å². The maximum absolute atomic E-state index is 13.2. The zero-order valence-corrected chi connectivity index (χ0v) is 16.8. The minimum Gasteiger partial charge on any atom is -0.378 e. The highest BCUT2D eigenvalue weighted by Gasteiger charge is 2.32. The Hall–Kier alpha value is -2.17. The second-order valence-corrected chi connectivity index (χ2v) is 7.48. The molecule has 2 saturated heterocycles. The van der Waals surface area contributed by atoms with Gasteiger partial charge in [-0.1, -0.05) is 0 Å². The molecule has 0 spiro atoms. The molecule has 2 aliphatic heterocycles. The number of carbonyl (C=O) groups excluding carboxylic acids is 2. The fourth-order valence-corrected chi connectivity index (χ4v) is 3.68. The molecule has 0 aliphatic carbocycles. The van der Waals surface area contributed by atoms with Crippen LogP contribution in [0.15, 0.2) is 18.2 Å². The van der Waals surface area contributed by atoms with E-state index in [0.717, 1.165) is 12.1 Å². The normalized spacial score (nSPS) is 20.8. The van der Waals surface area contributed by atoms with E-state index in [2.05, 4.69) is 5.32 Å². The van der Waals surface area contributed by atoms with Crippen LogP contribution in [0.4, 0.5) is 24.5 Å². The fraction of sp³-hybridized carbons (Fsp3) is 0.600. The van der Waals surface area contributed by atoms with Crippen molar-refractivity contribution in [3.8, 4) is 0 Å². The van der Waals surface area contributed by atoms with Crippen molar-refractivity contribution >= 4 is 23.1 Å². The van der Waals surface area contributed by atoms with Gasteiger partial charge >= 0.3 is 6.18 Å². The van der Waals surface area contributed by atoms with Crippen molar-refractivity contribution in [1.82, 2.24) is 4.90 Å². The van der Waals surface area contributed by atoms with Crippen molar-refractivity contribution in [3.63, 3.8) is 0 Å². The molecule has 2 fully saturated rings. The largest absolute Gasteiger partial charge is 0.416 e. The third-order valence-electron chi connectivity index (χ3n) is 5.17. The van der Waals surface area contributed by atoms with Gasteiger partial charge in [-0.2, -0.15) is 13.2 Å². The van der Waals surface area contributed by atoms with Gasteiger partial charge in [0.2, 0.25) is 5.91 Å². The summed E-state index contributed by atoms with van der Waals surface area (Å²) in [6.07, 6.45) is -4.25. The average molecular weight is 429 g/mol. The van der Waals surface area contributed by atoms with E-state index in [1.807, 2.05) is 9.80 Å². The van der Waals surface area contributed by atoms with Crippen LogP contribution in [0.1, 0.15) is 18.9 Å². The van der Waals surface area contributed by atoms with Crippen molar-refractivity contribution in [2.24, 2.45) is 0 Å². The molecule has 1 aromatic carbocycles. The monoisotopic (exact) mass is 429 g/mol. The van der Waals surface area contributed by atoms with Gasteiger partial charge in [-0.15, -0.1) is 0 Å². The summed E-state index contributed by atoms with van der Waals surface area (Å²) in [4.78, 5) is 27.9. The molecule has 1 aromatic rings. The van der Waals surface area contributed by atoms with Gasteiger partial charge in [0, 0.05) is 32.1 Å². The smallest absolute Gasteiger partial charge is 0.378 e. The summed E-state index contributed by atoms with van der Waals surface area (Å²) >= 11 is 0. The van der Waals surface area contributed by atoms with Gasteiger partial charge in [0.1, 0.15) is 5.78 Å². The summed E-state index contributed by atoms with van der Waals surface area (Å²) in [5.41, 5.74) is -0.175. The second-order valence-electron chi connectivity index (χ2n) is 7.48. The van der Waals surface area contributed by atoms with E-state index in [1.54, 1.807) is 0 Å². The molecule has 2 aliphatic rings. The molecule has 7 nitrogen and oxygen atoms in total. The molecule has 1 atom stereocenters. The molecule has 1 N–H and O–H groups in total. The highest BCUT2D eigenvalue weighted by atomic mass is 19.4. The van der Waals surface area contributed by atoms with Gasteiger partial charge in [0.15, 0.2) is 0 Å². The van der Waals surface area contributed by atoms with Gasteiger partial charge in [-0.25, -0.2) is 0 Å². The summed E-state index contributed by atoms with van der Waals surface area (Å²) in [5.74, 6) is -0.442. The van der Waals surface area contributed by atoms with Crippen LogP contribution in [0.2, 0.25) is 0 Å². The van der Waals surface area contributed by atoms with Crippen LogP contribution in [0, 0.1) is 0 Å². The topological polar surface area (TPSA) is 71.1 Å². The Balaban J connectivity index is 1.77. The van der Waals surface area contributed by atoms with E-state index in [9.17, 15) is 22.8 Å². The molecule has 0 saturated carbocycles.